The van der Waals surface area contributed by atoms with Crippen LogP contribution < -0.4 is 11.1 Å². The Hall–Kier alpha value is -2.45. The molecular weight excluding hydrogens is 341 g/mol. The van der Waals surface area contributed by atoms with E-state index in [4.69, 9.17) is 15.2 Å². The highest BCUT2D eigenvalue weighted by atomic mass is 19.1. The lowest BCUT2D eigenvalue weighted by molar-refractivity contribution is -0.132. The predicted molar refractivity (Wildman–Crippen MR) is 93.0 cm³/mol. The molecule has 2 aromatic rings. The Morgan fingerprint density at radius 3 is 3.04 bits per heavy atom. The maximum Gasteiger partial charge on any atom is 0.243 e. The normalized spacial score (nSPS) is 20.2. The largest absolute Gasteiger partial charge is 0.379 e. The number of carbonyl (C=O) groups excluding carboxylic acids is 2. The summed E-state index contributed by atoms with van der Waals surface area (Å²) in [6.07, 6.45) is 0.271. The molecule has 1 aromatic heterocycles. The summed E-state index contributed by atoms with van der Waals surface area (Å²) in [4.78, 5) is 26.6. The molecule has 0 saturated carbocycles. The standard InChI is InChI=1S/C18H22FN3O4/c1-10-12(13-6-11(19)2-3-14(13)21-10)7-18(24)22-15-4-5-25-8-16(15)26-9-17(20)23/h2-3,6,15-16,21H,4-5,7-9H2,1H3,(H2,20,23)(H,22,24)/t15-,16-/m1/s1. The van der Waals surface area contributed by atoms with E-state index in [1.165, 1.54) is 12.1 Å². The van der Waals surface area contributed by atoms with Gasteiger partial charge in [0, 0.05) is 23.2 Å². The fourth-order valence-corrected chi connectivity index (χ4v) is 3.23. The third-order valence-corrected chi connectivity index (χ3v) is 4.51. The number of primary amides is 1. The molecule has 26 heavy (non-hydrogen) atoms. The van der Waals surface area contributed by atoms with Gasteiger partial charge >= 0.3 is 0 Å². The molecule has 3 rings (SSSR count). The number of halogens is 1. The highest BCUT2D eigenvalue weighted by Crippen LogP contribution is 2.23. The molecular formula is C18H22FN3O4. The molecule has 4 N–H and O–H groups in total. The molecule has 1 aromatic carbocycles. The minimum Gasteiger partial charge on any atom is -0.379 e. The van der Waals surface area contributed by atoms with Crippen LogP contribution in [0, 0.1) is 12.7 Å². The number of amides is 2. The van der Waals surface area contributed by atoms with Gasteiger partial charge in [-0.05, 0) is 37.1 Å². The van der Waals surface area contributed by atoms with Gasteiger partial charge in [0.2, 0.25) is 11.8 Å². The number of nitrogens with two attached hydrogens (primary N) is 1. The Bertz CT molecular complexity index is 820. The molecule has 140 valence electrons. The van der Waals surface area contributed by atoms with E-state index in [2.05, 4.69) is 10.3 Å². The van der Waals surface area contributed by atoms with Gasteiger partial charge in [-0.2, -0.15) is 0 Å². The Balaban J connectivity index is 1.69. The topological polar surface area (TPSA) is 106 Å². The third-order valence-electron chi connectivity index (χ3n) is 4.51. The molecule has 1 fully saturated rings. The van der Waals surface area contributed by atoms with E-state index in [1.807, 2.05) is 6.92 Å². The lowest BCUT2D eigenvalue weighted by Crippen LogP contribution is -2.51. The number of ether oxygens (including phenoxy) is 2. The summed E-state index contributed by atoms with van der Waals surface area (Å²) < 4.78 is 24.3. The number of benzene rings is 1. The molecule has 2 atom stereocenters. The second-order valence-corrected chi connectivity index (χ2v) is 6.45. The summed E-state index contributed by atoms with van der Waals surface area (Å²) >= 11 is 0. The van der Waals surface area contributed by atoms with E-state index < -0.39 is 12.0 Å². The first-order valence-electron chi connectivity index (χ1n) is 8.47. The van der Waals surface area contributed by atoms with Gasteiger partial charge in [0.25, 0.3) is 0 Å². The molecule has 0 spiro atoms. The number of hydrogen-bond donors (Lipinski definition) is 3. The van der Waals surface area contributed by atoms with Crippen LogP contribution in [-0.4, -0.2) is 48.8 Å². The summed E-state index contributed by atoms with van der Waals surface area (Å²) in [6, 6.07) is 4.20. The molecule has 0 unspecified atom stereocenters. The maximum atomic E-state index is 13.6. The van der Waals surface area contributed by atoms with Gasteiger partial charge in [-0.25, -0.2) is 4.39 Å². The van der Waals surface area contributed by atoms with Crippen molar-refractivity contribution in [2.75, 3.05) is 19.8 Å². The van der Waals surface area contributed by atoms with Gasteiger partial charge in [-0.15, -0.1) is 0 Å². The molecule has 0 aliphatic carbocycles. The average Bonchev–Trinajstić information content (AvgIpc) is 2.89. The minimum absolute atomic E-state index is 0.120. The Morgan fingerprint density at radius 2 is 2.27 bits per heavy atom. The first kappa shape index (κ1) is 18.3. The lowest BCUT2D eigenvalue weighted by Gasteiger charge is -2.31. The summed E-state index contributed by atoms with van der Waals surface area (Å²) in [5.41, 5.74) is 7.48. The molecule has 1 saturated heterocycles. The highest BCUT2D eigenvalue weighted by molar-refractivity contribution is 5.90. The van der Waals surface area contributed by atoms with E-state index in [-0.39, 0.29) is 37.4 Å². The van der Waals surface area contributed by atoms with Crippen molar-refractivity contribution >= 4 is 22.7 Å². The molecule has 1 aliphatic rings. The first-order chi connectivity index (χ1) is 12.4. The van der Waals surface area contributed by atoms with Crippen molar-refractivity contribution in [3.05, 3.63) is 35.3 Å². The van der Waals surface area contributed by atoms with Crippen molar-refractivity contribution < 1.29 is 23.5 Å². The van der Waals surface area contributed by atoms with E-state index in [9.17, 15) is 14.0 Å². The van der Waals surface area contributed by atoms with E-state index >= 15 is 0 Å². The van der Waals surface area contributed by atoms with E-state index in [1.54, 1.807) is 6.07 Å². The number of rotatable bonds is 6. The smallest absolute Gasteiger partial charge is 0.243 e. The zero-order chi connectivity index (χ0) is 18.7. The van der Waals surface area contributed by atoms with Gasteiger partial charge in [0.1, 0.15) is 18.5 Å². The zero-order valence-corrected chi connectivity index (χ0v) is 14.5. The van der Waals surface area contributed by atoms with Crippen molar-refractivity contribution in [1.29, 1.82) is 0 Å². The number of H-pyrrole nitrogens is 1. The quantitative estimate of drug-likeness (QED) is 0.710. The van der Waals surface area contributed by atoms with Crippen molar-refractivity contribution in [1.82, 2.24) is 10.3 Å². The van der Waals surface area contributed by atoms with Crippen LogP contribution in [0.5, 0.6) is 0 Å². The molecule has 0 bridgehead atoms. The highest BCUT2D eigenvalue weighted by Gasteiger charge is 2.28. The molecule has 8 heteroatoms. The van der Waals surface area contributed by atoms with Crippen molar-refractivity contribution in [3.8, 4) is 0 Å². The Morgan fingerprint density at radius 1 is 1.46 bits per heavy atom. The van der Waals surface area contributed by atoms with Crippen LogP contribution in [0.4, 0.5) is 4.39 Å². The fraction of sp³-hybridized carbons (Fsp3) is 0.444. The van der Waals surface area contributed by atoms with Crippen LogP contribution >= 0.6 is 0 Å². The summed E-state index contributed by atoms with van der Waals surface area (Å²) in [5, 5.41) is 3.63. The van der Waals surface area contributed by atoms with Crippen LogP contribution in [0.3, 0.4) is 0 Å². The molecule has 0 radical (unpaired) electrons. The minimum atomic E-state index is -0.572. The number of hydrogen-bond acceptors (Lipinski definition) is 4. The third kappa shape index (κ3) is 4.20. The van der Waals surface area contributed by atoms with Gasteiger partial charge in [0.05, 0.1) is 19.1 Å². The van der Waals surface area contributed by atoms with Crippen molar-refractivity contribution in [2.45, 2.75) is 31.9 Å². The lowest BCUT2D eigenvalue weighted by atomic mass is 10.0. The van der Waals surface area contributed by atoms with Gasteiger partial charge in [0.15, 0.2) is 0 Å². The van der Waals surface area contributed by atoms with Crippen LogP contribution in [-0.2, 0) is 25.5 Å². The zero-order valence-electron chi connectivity index (χ0n) is 14.5. The Kier molecular flexibility index (Phi) is 5.53. The number of aryl methyl sites for hydroxylation is 1. The second-order valence-electron chi connectivity index (χ2n) is 6.45. The van der Waals surface area contributed by atoms with Crippen LogP contribution in [0.15, 0.2) is 18.2 Å². The number of nitrogens with one attached hydrogen (secondary N) is 2. The average molecular weight is 363 g/mol. The number of aromatic nitrogens is 1. The van der Waals surface area contributed by atoms with Crippen molar-refractivity contribution in [2.24, 2.45) is 5.73 Å². The van der Waals surface area contributed by atoms with Crippen LogP contribution in [0.2, 0.25) is 0 Å². The fourth-order valence-electron chi connectivity index (χ4n) is 3.23. The van der Waals surface area contributed by atoms with Crippen molar-refractivity contribution in [3.63, 3.8) is 0 Å². The van der Waals surface area contributed by atoms with E-state index in [0.29, 0.717) is 18.4 Å². The molecule has 1 aliphatic heterocycles. The molecule has 2 amide bonds. The van der Waals surface area contributed by atoms with Gasteiger partial charge in [-0.1, -0.05) is 0 Å². The number of fused-ring (bicyclic) bond motifs is 1. The number of carbonyl (C=O) groups is 2. The summed E-state index contributed by atoms with van der Waals surface area (Å²) in [5.74, 6) is -1.11. The molecule has 7 nitrogen and oxygen atoms in total. The summed E-state index contributed by atoms with van der Waals surface area (Å²) in [6.45, 7) is 2.42. The second kappa shape index (κ2) is 7.84. The van der Waals surface area contributed by atoms with Gasteiger partial charge in [-0.3, -0.25) is 9.59 Å². The van der Waals surface area contributed by atoms with Crippen LogP contribution in [0.25, 0.3) is 10.9 Å². The first-order valence-corrected chi connectivity index (χ1v) is 8.47. The molecule has 2 heterocycles. The predicted octanol–water partition coefficient (Wildman–Crippen LogP) is 0.934. The summed E-state index contributed by atoms with van der Waals surface area (Å²) in [7, 11) is 0. The van der Waals surface area contributed by atoms with E-state index in [0.717, 1.165) is 16.8 Å². The van der Waals surface area contributed by atoms with Gasteiger partial charge < -0.3 is 25.5 Å². The SMILES string of the molecule is Cc1[nH]c2ccc(F)cc2c1CC(=O)N[C@@H]1CCOC[C@H]1OCC(N)=O. The monoisotopic (exact) mass is 363 g/mol. The Labute approximate surface area is 150 Å². The van der Waals surface area contributed by atoms with Crippen LogP contribution in [0.1, 0.15) is 17.7 Å². The number of aromatic amines is 1. The maximum absolute atomic E-state index is 13.6.